The van der Waals surface area contributed by atoms with Crippen LogP contribution in [0.3, 0.4) is 0 Å². The van der Waals surface area contributed by atoms with Gasteiger partial charge in [0.15, 0.2) is 0 Å². The van der Waals surface area contributed by atoms with E-state index in [4.69, 9.17) is 0 Å². The first-order valence-electron chi connectivity index (χ1n) is 7.45. The smallest absolute Gasteiger partial charge is 0.310 e. The maximum atomic E-state index is 11.5. The molecule has 2 atom stereocenters. The molecule has 0 spiro atoms. The van der Waals surface area contributed by atoms with Crippen LogP contribution in [0.1, 0.15) is 37.6 Å². The minimum atomic E-state index is -0.671. The molecule has 2 aromatic rings. The van der Waals surface area contributed by atoms with E-state index < -0.39 is 11.4 Å². The topological polar surface area (TPSA) is 40.5 Å². The molecule has 21 heavy (non-hydrogen) atoms. The Bertz CT molecular complexity index is 633. The fourth-order valence-electron chi connectivity index (χ4n) is 3.17. The predicted octanol–water partition coefficient (Wildman–Crippen LogP) is 4.15. The quantitative estimate of drug-likeness (QED) is 0.926. The molecule has 1 N–H and O–H groups in total. The number of nitrogens with zero attached hydrogens (tertiary/aromatic N) is 1. The van der Waals surface area contributed by atoms with E-state index in [2.05, 4.69) is 42.2 Å². The van der Waals surface area contributed by atoms with Crippen molar-refractivity contribution in [2.24, 2.45) is 5.41 Å². The number of carboxylic acids is 1. The Kier molecular flexibility index (Phi) is 3.76. The Hall–Kier alpha value is -1.39. The van der Waals surface area contributed by atoms with Gasteiger partial charge in [-0.05, 0) is 50.8 Å². The van der Waals surface area contributed by atoms with E-state index in [0.29, 0.717) is 6.54 Å². The highest BCUT2D eigenvalue weighted by molar-refractivity contribution is 7.19. The zero-order chi connectivity index (χ0) is 15.0. The van der Waals surface area contributed by atoms with Gasteiger partial charge in [-0.25, -0.2) is 0 Å². The summed E-state index contributed by atoms with van der Waals surface area (Å²) in [6.07, 6.45) is 1.73. The maximum Gasteiger partial charge on any atom is 0.310 e. The minimum Gasteiger partial charge on any atom is -0.481 e. The van der Waals surface area contributed by atoms with Crippen molar-refractivity contribution in [1.82, 2.24) is 4.90 Å². The zero-order valence-electron chi connectivity index (χ0n) is 12.5. The van der Waals surface area contributed by atoms with Crippen LogP contribution in [0.15, 0.2) is 30.3 Å². The number of carboxylic acid groups (broad SMARTS) is 1. The number of piperidine rings is 1. The third-order valence-corrected chi connectivity index (χ3v) is 5.93. The first-order valence-corrected chi connectivity index (χ1v) is 8.27. The van der Waals surface area contributed by atoms with Crippen molar-refractivity contribution in [3.8, 4) is 0 Å². The van der Waals surface area contributed by atoms with Gasteiger partial charge in [-0.2, -0.15) is 0 Å². The molecule has 1 aliphatic rings. The number of hydrogen-bond donors (Lipinski definition) is 1. The van der Waals surface area contributed by atoms with Crippen LogP contribution in [-0.2, 0) is 4.79 Å². The molecule has 0 aliphatic carbocycles. The first-order chi connectivity index (χ1) is 9.99. The Morgan fingerprint density at radius 3 is 2.90 bits per heavy atom. The fourth-order valence-corrected chi connectivity index (χ4v) is 4.32. The third-order valence-electron chi connectivity index (χ3n) is 4.65. The summed E-state index contributed by atoms with van der Waals surface area (Å²) in [5, 5.41) is 10.7. The van der Waals surface area contributed by atoms with E-state index in [-0.39, 0.29) is 6.04 Å². The Labute approximate surface area is 129 Å². The molecular weight excluding hydrogens is 282 g/mol. The van der Waals surface area contributed by atoms with Gasteiger partial charge in [-0.1, -0.05) is 18.2 Å². The number of thiophene rings is 1. The van der Waals surface area contributed by atoms with Crippen molar-refractivity contribution >= 4 is 27.4 Å². The van der Waals surface area contributed by atoms with Gasteiger partial charge in [0.2, 0.25) is 0 Å². The van der Waals surface area contributed by atoms with Crippen molar-refractivity contribution in [2.45, 2.75) is 32.7 Å². The van der Waals surface area contributed by atoms with E-state index in [1.807, 2.05) is 18.3 Å². The molecule has 1 aromatic carbocycles. The summed E-state index contributed by atoms with van der Waals surface area (Å²) < 4.78 is 1.30. The summed E-state index contributed by atoms with van der Waals surface area (Å²) in [7, 11) is 0. The highest BCUT2D eigenvalue weighted by Crippen LogP contribution is 2.37. The summed E-state index contributed by atoms with van der Waals surface area (Å²) in [5.41, 5.74) is -0.608. The largest absolute Gasteiger partial charge is 0.481 e. The lowest BCUT2D eigenvalue weighted by molar-refractivity contribution is -0.151. The van der Waals surface area contributed by atoms with Crippen LogP contribution in [-0.4, -0.2) is 29.1 Å². The molecular formula is C17H21NO2S. The number of likely N-dealkylation sites (tertiary alicyclic amines) is 1. The van der Waals surface area contributed by atoms with Gasteiger partial charge < -0.3 is 5.11 Å². The number of benzene rings is 1. The average Bonchev–Trinajstić information content (AvgIpc) is 2.90. The molecule has 1 fully saturated rings. The van der Waals surface area contributed by atoms with E-state index >= 15 is 0 Å². The molecule has 112 valence electrons. The number of rotatable bonds is 3. The highest BCUT2D eigenvalue weighted by Gasteiger charge is 2.39. The van der Waals surface area contributed by atoms with Crippen molar-refractivity contribution in [3.63, 3.8) is 0 Å². The maximum absolute atomic E-state index is 11.5. The lowest BCUT2D eigenvalue weighted by atomic mass is 9.81. The van der Waals surface area contributed by atoms with Crippen LogP contribution in [0, 0.1) is 5.41 Å². The molecule has 3 nitrogen and oxygen atoms in total. The van der Waals surface area contributed by atoms with Gasteiger partial charge in [0.05, 0.1) is 5.41 Å². The highest BCUT2D eigenvalue weighted by atomic mass is 32.1. The standard InChI is InChI=1S/C17H21NO2S/c1-12(15-10-13-6-3-4-7-14(13)21-15)18-9-5-8-17(2,11-18)16(19)20/h3-4,6-7,10,12H,5,8-9,11H2,1-2H3,(H,19,20). The van der Waals surface area contributed by atoms with E-state index in [1.165, 1.54) is 15.0 Å². The lowest BCUT2D eigenvalue weighted by Gasteiger charge is -2.40. The Morgan fingerprint density at radius 2 is 2.19 bits per heavy atom. The van der Waals surface area contributed by atoms with E-state index in [0.717, 1.165) is 19.4 Å². The normalized spacial score (nSPS) is 25.0. The van der Waals surface area contributed by atoms with Crippen LogP contribution in [0.4, 0.5) is 0 Å². The Morgan fingerprint density at radius 1 is 1.43 bits per heavy atom. The second kappa shape index (κ2) is 5.43. The first kappa shape index (κ1) is 14.5. The third kappa shape index (κ3) is 2.70. The SMILES string of the molecule is CC(c1cc2ccccc2s1)N1CCCC(C)(C(=O)O)C1. The number of hydrogen-bond acceptors (Lipinski definition) is 3. The van der Waals surface area contributed by atoms with Crippen molar-refractivity contribution in [3.05, 3.63) is 35.2 Å². The molecule has 0 bridgehead atoms. The second-order valence-electron chi connectivity index (χ2n) is 6.30. The van der Waals surface area contributed by atoms with E-state index in [1.54, 1.807) is 0 Å². The monoisotopic (exact) mass is 303 g/mol. The van der Waals surface area contributed by atoms with Crippen molar-refractivity contribution in [1.29, 1.82) is 0 Å². The molecule has 0 radical (unpaired) electrons. The zero-order valence-corrected chi connectivity index (χ0v) is 13.3. The van der Waals surface area contributed by atoms with Crippen LogP contribution >= 0.6 is 11.3 Å². The molecule has 0 saturated carbocycles. The lowest BCUT2D eigenvalue weighted by Crippen LogP contribution is -2.46. The van der Waals surface area contributed by atoms with E-state index in [9.17, 15) is 9.90 Å². The molecule has 2 heterocycles. The molecule has 1 aliphatic heterocycles. The van der Waals surface area contributed by atoms with Crippen LogP contribution in [0.5, 0.6) is 0 Å². The summed E-state index contributed by atoms with van der Waals surface area (Å²) in [6, 6.07) is 10.9. The summed E-state index contributed by atoms with van der Waals surface area (Å²) in [5.74, 6) is -0.671. The van der Waals surface area contributed by atoms with Crippen LogP contribution in [0.2, 0.25) is 0 Å². The average molecular weight is 303 g/mol. The molecule has 1 aromatic heterocycles. The number of aliphatic carboxylic acids is 1. The molecule has 4 heteroatoms. The van der Waals surface area contributed by atoms with Gasteiger partial charge in [-0.15, -0.1) is 11.3 Å². The van der Waals surface area contributed by atoms with Crippen LogP contribution < -0.4 is 0 Å². The van der Waals surface area contributed by atoms with Crippen molar-refractivity contribution < 1.29 is 9.90 Å². The van der Waals surface area contributed by atoms with Gasteiger partial charge in [0, 0.05) is 22.2 Å². The van der Waals surface area contributed by atoms with Gasteiger partial charge >= 0.3 is 5.97 Å². The summed E-state index contributed by atoms with van der Waals surface area (Å²) in [6.45, 7) is 5.69. The fraction of sp³-hybridized carbons (Fsp3) is 0.471. The minimum absolute atomic E-state index is 0.279. The second-order valence-corrected chi connectivity index (χ2v) is 7.42. The molecule has 2 unspecified atom stereocenters. The molecule has 3 rings (SSSR count). The van der Waals surface area contributed by atoms with Crippen molar-refractivity contribution in [2.75, 3.05) is 13.1 Å². The predicted molar refractivity (Wildman–Crippen MR) is 86.8 cm³/mol. The van der Waals surface area contributed by atoms with Gasteiger partial charge in [-0.3, -0.25) is 9.69 Å². The van der Waals surface area contributed by atoms with Gasteiger partial charge in [0.25, 0.3) is 0 Å². The van der Waals surface area contributed by atoms with Gasteiger partial charge in [0.1, 0.15) is 0 Å². The summed E-state index contributed by atoms with van der Waals surface area (Å²) in [4.78, 5) is 15.1. The molecule has 1 saturated heterocycles. The number of fused-ring (bicyclic) bond motifs is 1. The summed E-state index contributed by atoms with van der Waals surface area (Å²) >= 11 is 1.82. The molecule has 0 amide bonds. The number of carbonyl (C=O) groups is 1. The van der Waals surface area contributed by atoms with Crippen LogP contribution in [0.25, 0.3) is 10.1 Å². The Balaban J connectivity index is 1.84.